The molecule has 80 valence electrons. The Morgan fingerprint density at radius 2 is 1.36 bits per heavy atom. The molecule has 0 amide bonds. The molecule has 1 N–H and O–H groups in total. The number of hydrogen-bond donors (Lipinski definition) is 1. The first kappa shape index (κ1) is 12.9. The lowest BCUT2D eigenvalue weighted by Gasteiger charge is -2.22. The molecule has 0 bridgehead atoms. The van der Waals surface area contributed by atoms with Gasteiger partial charge in [-0.25, -0.2) is 0 Å². The van der Waals surface area contributed by atoms with Gasteiger partial charge < -0.3 is 5.21 Å². The van der Waals surface area contributed by atoms with Crippen molar-refractivity contribution in [3.63, 3.8) is 0 Å². The molecule has 0 heterocycles. The molecule has 0 saturated carbocycles. The molecule has 0 saturated heterocycles. The summed E-state index contributed by atoms with van der Waals surface area (Å²) in [7, 11) is 0. The van der Waals surface area contributed by atoms with Crippen LogP contribution in [0.15, 0.2) is 28.5 Å². The first-order valence-corrected chi connectivity index (χ1v) is 4.83. The lowest BCUT2D eigenvalue weighted by atomic mass is 9.82. The molecule has 0 aliphatic heterocycles. The number of hydrogen-bond acceptors (Lipinski definition) is 2. The molecule has 0 unspecified atom stereocenters. The zero-order valence-corrected chi connectivity index (χ0v) is 10.0. The van der Waals surface area contributed by atoms with Crippen molar-refractivity contribution in [1.29, 1.82) is 0 Å². The van der Waals surface area contributed by atoms with Crippen LogP contribution in [0.5, 0.6) is 0 Å². The molecule has 0 fully saturated rings. The van der Waals surface area contributed by atoms with E-state index in [1.54, 1.807) is 0 Å². The molecule has 14 heavy (non-hydrogen) atoms. The van der Waals surface area contributed by atoms with Crippen LogP contribution in [0.2, 0.25) is 0 Å². The van der Waals surface area contributed by atoms with Gasteiger partial charge in [-0.2, -0.15) is 0 Å². The highest BCUT2D eigenvalue weighted by atomic mass is 16.4. The molecule has 0 spiro atoms. The van der Waals surface area contributed by atoms with E-state index < -0.39 is 0 Å². The van der Waals surface area contributed by atoms with Crippen LogP contribution >= 0.6 is 0 Å². The highest BCUT2D eigenvalue weighted by Gasteiger charge is 2.22. The Bertz CT molecular complexity index is 259. The first-order chi connectivity index (χ1) is 6.31. The van der Waals surface area contributed by atoms with Crippen molar-refractivity contribution in [3.8, 4) is 0 Å². The number of nitrogens with zero attached hydrogens (tertiary/aromatic N) is 1. The third-order valence-corrected chi connectivity index (χ3v) is 2.11. The van der Waals surface area contributed by atoms with Crippen LogP contribution in [0.25, 0.3) is 0 Å². The SMILES string of the molecule is CC(C)=CC(C)(C=C(C)C)C(C)=NO. The van der Waals surface area contributed by atoms with Crippen molar-refractivity contribution in [2.75, 3.05) is 0 Å². The smallest absolute Gasteiger partial charge is 0.0674 e. The van der Waals surface area contributed by atoms with Crippen LogP contribution in [0, 0.1) is 5.41 Å². The molecule has 0 radical (unpaired) electrons. The minimum atomic E-state index is -0.271. The van der Waals surface area contributed by atoms with Gasteiger partial charge in [0, 0.05) is 5.41 Å². The lowest BCUT2D eigenvalue weighted by molar-refractivity contribution is 0.314. The maximum absolute atomic E-state index is 8.83. The summed E-state index contributed by atoms with van der Waals surface area (Å²) in [5.41, 5.74) is 2.87. The molecule has 2 heteroatoms. The van der Waals surface area contributed by atoms with Gasteiger partial charge in [0.2, 0.25) is 0 Å². The van der Waals surface area contributed by atoms with Crippen molar-refractivity contribution in [2.24, 2.45) is 10.6 Å². The zero-order valence-electron chi connectivity index (χ0n) is 10.0. The second-order valence-electron chi connectivity index (χ2n) is 4.41. The van der Waals surface area contributed by atoms with Crippen molar-refractivity contribution in [3.05, 3.63) is 23.3 Å². The molecule has 0 aromatic carbocycles. The Morgan fingerprint density at radius 3 is 1.57 bits per heavy atom. The van der Waals surface area contributed by atoms with Crippen molar-refractivity contribution in [1.82, 2.24) is 0 Å². The summed E-state index contributed by atoms with van der Waals surface area (Å²) in [5.74, 6) is 0. The largest absolute Gasteiger partial charge is 0.411 e. The van der Waals surface area contributed by atoms with Crippen LogP contribution in [0.3, 0.4) is 0 Å². The Kier molecular flexibility index (Phi) is 4.61. The maximum atomic E-state index is 8.83. The van der Waals surface area contributed by atoms with Gasteiger partial charge in [-0.05, 0) is 41.5 Å². The summed E-state index contributed by atoms with van der Waals surface area (Å²) >= 11 is 0. The van der Waals surface area contributed by atoms with E-state index in [1.165, 1.54) is 11.1 Å². The lowest BCUT2D eigenvalue weighted by Crippen LogP contribution is -2.21. The predicted molar refractivity (Wildman–Crippen MR) is 61.9 cm³/mol. The van der Waals surface area contributed by atoms with Gasteiger partial charge in [-0.1, -0.05) is 28.5 Å². The zero-order chi connectivity index (χ0) is 11.4. The van der Waals surface area contributed by atoms with Gasteiger partial charge in [-0.15, -0.1) is 0 Å². The summed E-state index contributed by atoms with van der Waals surface area (Å²) in [6.07, 6.45) is 4.21. The Balaban J connectivity index is 5.28. The number of rotatable bonds is 3. The Morgan fingerprint density at radius 1 is 1.00 bits per heavy atom. The van der Waals surface area contributed by atoms with Crippen LogP contribution in [-0.4, -0.2) is 10.9 Å². The fourth-order valence-electron chi connectivity index (χ4n) is 1.56. The second kappa shape index (κ2) is 4.99. The molecular formula is C12H21NO. The second-order valence-corrected chi connectivity index (χ2v) is 4.41. The van der Waals surface area contributed by atoms with Gasteiger partial charge in [0.1, 0.15) is 0 Å². The maximum Gasteiger partial charge on any atom is 0.0674 e. The van der Waals surface area contributed by atoms with Gasteiger partial charge in [0.15, 0.2) is 0 Å². The molecule has 0 aliphatic rings. The Hall–Kier alpha value is -1.05. The normalized spacial score (nSPS) is 12.3. The molecule has 0 rings (SSSR count). The predicted octanol–water partition coefficient (Wildman–Crippen LogP) is 3.78. The van der Waals surface area contributed by atoms with Gasteiger partial charge in [-0.3, -0.25) is 0 Å². The average Bonchev–Trinajstić information content (AvgIpc) is 1.99. The molecule has 0 aliphatic carbocycles. The molecule has 0 aromatic rings. The highest BCUT2D eigenvalue weighted by Crippen LogP contribution is 2.26. The molecule has 0 atom stereocenters. The average molecular weight is 195 g/mol. The molecule has 0 aromatic heterocycles. The standard InChI is InChI=1S/C12H21NO/c1-9(2)7-12(6,8-10(3)4)11(5)13-14/h7-8,14H,1-6H3. The van der Waals surface area contributed by atoms with E-state index in [9.17, 15) is 0 Å². The van der Waals surface area contributed by atoms with Crippen molar-refractivity contribution < 1.29 is 5.21 Å². The summed E-state index contributed by atoms with van der Waals surface area (Å²) in [6, 6.07) is 0. The van der Waals surface area contributed by atoms with Gasteiger partial charge >= 0.3 is 0 Å². The number of oxime groups is 1. The van der Waals surface area contributed by atoms with Crippen molar-refractivity contribution in [2.45, 2.75) is 41.5 Å². The Labute approximate surface area is 87.0 Å². The van der Waals surface area contributed by atoms with Crippen molar-refractivity contribution >= 4 is 5.71 Å². The topological polar surface area (TPSA) is 32.6 Å². The van der Waals surface area contributed by atoms with Crippen LogP contribution < -0.4 is 0 Å². The van der Waals surface area contributed by atoms with Crippen LogP contribution in [0.1, 0.15) is 41.5 Å². The summed E-state index contributed by atoms with van der Waals surface area (Å²) in [4.78, 5) is 0. The minimum Gasteiger partial charge on any atom is -0.411 e. The van der Waals surface area contributed by atoms with Gasteiger partial charge in [0.25, 0.3) is 0 Å². The van der Waals surface area contributed by atoms with E-state index >= 15 is 0 Å². The quantitative estimate of drug-likeness (QED) is 0.316. The summed E-state index contributed by atoms with van der Waals surface area (Å²) in [6.45, 7) is 12.0. The van der Waals surface area contributed by atoms with E-state index in [2.05, 4.69) is 17.3 Å². The third kappa shape index (κ3) is 3.77. The fourth-order valence-corrected chi connectivity index (χ4v) is 1.56. The van der Waals surface area contributed by atoms with E-state index in [1.807, 2.05) is 41.5 Å². The van der Waals surface area contributed by atoms with Gasteiger partial charge in [0.05, 0.1) is 5.71 Å². The van der Waals surface area contributed by atoms with Crippen LogP contribution in [0.4, 0.5) is 0 Å². The third-order valence-electron chi connectivity index (χ3n) is 2.11. The van der Waals surface area contributed by atoms with E-state index in [0.717, 1.165) is 0 Å². The summed E-state index contributed by atoms with van der Waals surface area (Å²) < 4.78 is 0. The monoisotopic (exact) mass is 195 g/mol. The number of allylic oxidation sites excluding steroid dienone is 4. The fraction of sp³-hybridized carbons (Fsp3) is 0.583. The molecular weight excluding hydrogens is 174 g/mol. The van der Waals surface area contributed by atoms with E-state index in [-0.39, 0.29) is 5.41 Å². The summed E-state index contributed by atoms with van der Waals surface area (Å²) in [5, 5.41) is 12.1. The first-order valence-electron chi connectivity index (χ1n) is 4.83. The minimum absolute atomic E-state index is 0.271. The molecule has 2 nitrogen and oxygen atoms in total. The highest BCUT2D eigenvalue weighted by molar-refractivity contribution is 5.91. The van der Waals surface area contributed by atoms with E-state index in [0.29, 0.717) is 5.71 Å². The van der Waals surface area contributed by atoms with Crippen LogP contribution in [-0.2, 0) is 0 Å². The van der Waals surface area contributed by atoms with E-state index in [4.69, 9.17) is 5.21 Å².